The Kier molecular flexibility index (Phi) is 9.52. The zero-order chi connectivity index (χ0) is 31.4. The van der Waals surface area contributed by atoms with Gasteiger partial charge < -0.3 is 19.5 Å². The Morgan fingerprint density at radius 2 is 1.77 bits per heavy atom. The summed E-state index contributed by atoms with van der Waals surface area (Å²) >= 11 is 0. The quantitative estimate of drug-likeness (QED) is 0.312. The van der Waals surface area contributed by atoms with Gasteiger partial charge in [-0.05, 0) is 66.4 Å². The molecule has 0 spiro atoms. The van der Waals surface area contributed by atoms with Crippen LogP contribution in [0.5, 0.6) is 11.5 Å². The van der Waals surface area contributed by atoms with Crippen LogP contribution in [0.4, 0.5) is 4.79 Å². The van der Waals surface area contributed by atoms with E-state index in [0.29, 0.717) is 46.2 Å². The first-order valence-electron chi connectivity index (χ1n) is 15.3. The highest BCUT2D eigenvalue weighted by atomic mass is 16.5. The number of fused-ring (bicyclic) bond motifs is 2. The van der Waals surface area contributed by atoms with Gasteiger partial charge in [-0.2, -0.15) is 0 Å². The number of amides is 3. The van der Waals surface area contributed by atoms with Gasteiger partial charge in [0.25, 0.3) is 5.91 Å². The lowest BCUT2D eigenvalue weighted by molar-refractivity contribution is -0.123. The number of benzene rings is 2. The third-order valence-corrected chi connectivity index (χ3v) is 9.00. The molecule has 1 saturated carbocycles. The molecule has 9 nitrogen and oxygen atoms in total. The van der Waals surface area contributed by atoms with Crippen molar-refractivity contribution in [1.29, 1.82) is 0 Å². The summed E-state index contributed by atoms with van der Waals surface area (Å²) in [5.74, 6) is 0.969. The van der Waals surface area contributed by atoms with Gasteiger partial charge in [0.1, 0.15) is 0 Å². The molecule has 0 bridgehead atoms. The number of carbonyl (C=O) groups is 3. The molecule has 44 heavy (non-hydrogen) atoms. The van der Waals surface area contributed by atoms with Gasteiger partial charge >= 0.3 is 12.0 Å². The lowest BCUT2D eigenvalue weighted by atomic mass is 9.78. The van der Waals surface area contributed by atoms with Gasteiger partial charge in [0.05, 0.1) is 31.0 Å². The second-order valence-electron chi connectivity index (χ2n) is 12.1. The number of ether oxygens (including phenoxy) is 3. The van der Waals surface area contributed by atoms with Gasteiger partial charge in [-0.1, -0.05) is 63.9 Å². The third-order valence-electron chi connectivity index (χ3n) is 9.00. The molecule has 2 N–H and O–H groups in total. The van der Waals surface area contributed by atoms with Gasteiger partial charge in [-0.3, -0.25) is 10.1 Å². The fraction of sp³-hybridized carbons (Fsp3) is 0.429. The first-order valence-corrected chi connectivity index (χ1v) is 15.3. The molecule has 9 heteroatoms. The number of nitrogens with zero attached hydrogens (tertiary/aromatic N) is 1. The molecule has 2 aliphatic carbocycles. The number of carbonyl (C=O) groups excluding carboxylic acids is 3. The Hall–Kier alpha value is -4.40. The first kappa shape index (κ1) is 31.0. The zero-order valence-electron chi connectivity index (χ0n) is 26.1. The molecule has 3 amide bonds. The van der Waals surface area contributed by atoms with Gasteiger partial charge in [0, 0.05) is 17.0 Å². The summed E-state index contributed by atoms with van der Waals surface area (Å²) in [7, 11) is 3.20. The summed E-state index contributed by atoms with van der Waals surface area (Å²) in [6, 6.07) is 12.6. The van der Waals surface area contributed by atoms with Crippen LogP contribution in [-0.2, 0) is 16.0 Å². The molecular formula is C35H41N3O6. The van der Waals surface area contributed by atoms with Crippen LogP contribution in [-0.4, -0.2) is 49.8 Å². The maximum Gasteiger partial charge on any atom is 0.339 e. The highest BCUT2D eigenvalue weighted by Crippen LogP contribution is 2.41. The van der Waals surface area contributed by atoms with E-state index in [0.717, 1.165) is 48.1 Å². The SMILES string of the molecule is COc1cccc(/C=C2\C[C@H](C)Cc3c2nc2ccccc2c3C(=O)OCC(=O)NC(=O)N[C@@H]2CCC[C@H](C)[C@H]2C)c1OC. The highest BCUT2D eigenvalue weighted by Gasteiger charge is 2.31. The van der Waals surface area contributed by atoms with E-state index in [1.165, 1.54) is 0 Å². The minimum Gasteiger partial charge on any atom is -0.493 e. The second-order valence-corrected chi connectivity index (χ2v) is 12.1. The maximum absolute atomic E-state index is 13.7. The summed E-state index contributed by atoms with van der Waals surface area (Å²) in [6.07, 6.45) is 6.46. The summed E-state index contributed by atoms with van der Waals surface area (Å²) in [5.41, 5.74) is 4.34. The number of para-hydroxylation sites is 2. The van der Waals surface area contributed by atoms with Gasteiger partial charge in [0.15, 0.2) is 18.1 Å². The molecular weight excluding hydrogens is 558 g/mol. The van der Waals surface area contributed by atoms with E-state index in [9.17, 15) is 14.4 Å². The van der Waals surface area contributed by atoms with Crippen LogP contribution in [0.2, 0.25) is 0 Å². The molecule has 3 aromatic rings. The molecule has 5 rings (SSSR count). The van der Waals surface area contributed by atoms with Gasteiger partial charge in [0.2, 0.25) is 0 Å². The van der Waals surface area contributed by atoms with E-state index in [4.69, 9.17) is 19.2 Å². The standard InChI is InChI=1S/C35H41N3O6/c1-20-16-24(18-23-11-9-15-29(42-4)33(23)43-5)32-26(17-20)31(25-12-6-7-13-28(25)36-32)34(40)44-19-30(39)38-35(41)37-27-14-8-10-21(2)22(27)3/h6-7,9,11-13,15,18,20-22,27H,8,10,14,16-17,19H2,1-5H3,(H2,37,38,39,41)/b24-18+/t20-,21-,22+,27+/m0/s1. The fourth-order valence-corrected chi connectivity index (χ4v) is 6.54. The minimum absolute atomic E-state index is 0.00462. The number of esters is 1. The molecule has 1 fully saturated rings. The van der Waals surface area contributed by atoms with E-state index in [-0.39, 0.29) is 12.0 Å². The molecule has 0 unspecified atom stereocenters. The number of allylic oxidation sites excluding steroid dienone is 1. The van der Waals surface area contributed by atoms with E-state index in [2.05, 4.69) is 31.4 Å². The van der Waals surface area contributed by atoms with Crippen molar-refractivity contribution >= 4 is 40.5 Å². The summed E-state index contributed by atoms with van der Waals surface area (Å²) in [5, 5.41) is 5.89. The number of urea groups is 1. The highest BCUT2D eigenvalue weighted by molar-refractivity contribution is 6.07. The number of hydrogen-bond donors (Lipinski definition) is 2. The van der Waals surface area contributed by atoms with Crippen LogP contribution in [0.3, 0.4) is 0 Å². The van der Waals surface area contributed by atoms with E-state index >= 15 is 0 Å². The van der Waals surface area contributed by atoms with E-state index in [1.807, 2.05) is 48.5 Å². The van der Waals surface area contributed by atoms with E-state index < -0.39 is 24.5 Å². The van der Waals surface area contributed by atoms with Crippen molar-refractivity contribution in [2.75, 3.05) is 20.8 Å². The van der Waals surface area contributed by atoms with Gasteiger partial charge in [-0.15, -0.1) is 0 Å². The van der Waals surface area contributed by atoms with Crippen LogP contribution < -0.4 is 20.1 Å². The Morgan fingerprint density at radius 3 is 2.55 bits per heavy atom. The van der Waals surface area contributed by atoms with Gasteiger partial charge in [-0.25, -0.2) is 14.6 Å². The average Bonchev–Trinajstić information content (AvgIpc) is 3.01. The minimum atomic E-state index is -0.682. The van der Waals surface area contributed by atoms with Crippen molar-refractivity contribution in [1.82, 2.24) is 15.6 Å². The fourth-order valence-electron chi connectivity index (χ4n) is 6.54. The predicted octanol–water partition coefficient (Wildman–Crippen LogP) is 6.18. The van der Waals surface area contributed by atoms with E-state index in [1.54, 1.807) is 14.2 Å². The number of nitrogens with one attached hydrogen (secondary N) is 2. The van der Waals surface area contributed by atoms with Crippen molar-refractivity contribution in [3.8, 4) is 11.5 Å². The number of rotatable bonds is 7. The molecule has 232 valence electrons. The third kappa shape index (κ3) is 6.56. The predicted molar refractivity (Wildman–Crippen MR) is 170 cm³/mol. The zero-order valence-corrected chi connectivity index (χ0v) is 26.1. The molecule has 4 atom stereocenters. The summed E-state index contributed by atoms with van der Waals surface area (Å²) in [6.45, 7) is 5.85. The summed E-state index contributed by atoms with van der Waals surface area (Å²) < 4.78 is 16.7. The molecule has 0 aliphatic heterocycles. The topological polar surface area (TPSA) is 116 Å². The van der Waals surface area contributed by atoms with Crippen molar-refractivity contribution in [3.63, 3.8) is 0 Å². The van der Waals surface area contributed by atoms with Crippen LogP contribution in [0, 0.1) is 17.8 Å². The lowest BCUT2D eigenvalue weighted by Gasteiger charge is -2.34. The average molecular weight is 600 g/mol. The molecule has 0 saturated heterocycles. The van der Waals surface area contributed by atoms with Crippen LogP contribution in [0.25, 0.3) is 22.6 Å². The summed E-state index contributed by atoms with van der Waals surface area (Å²) in [4.78, 5) is 43.9. The molecule has 2 aromatic carbocycles. The Labute approximate surface area is 258 Å². The van der Waals surface area contributed by atoms with Crippen molar-refractivity contribution in [2.45, 2.75) is 58.9 Å². The van der Waals surface area contributed by atoms with Crippen molar-refractivity contribution in [3.05, 3.63) is 64.8 Å². The van der Waals surface area contributed by atoms with Crippen LogP contribution in [0.15, 0.2) is 42.5 Å². The number of aromatic nitrogens is 1. The Balaban J connectivity index is 1.40. The molecule has 1 heterocycles. The number of imide groups is 1. The lowest BCUT2D eigenvalue weighted by Crippen LogP contribution is -2.49. The molecule has 2 aliphatic rings. The first-order chi connectivity index (χ1) is 21.2. The van der Waals surface area contributed by atoms with Crippen LogP contribution in [0.1, 0.15) is 73.6 Å². The van der Waals surface area contributed by atoms with Crippen molar-refractivity contribution in [2.24, 2.45) is 17.8 Å². The Morgan fingerprint density at radius 1 is 0.977 bits per heavy atom. The number of methoxy groups -OCH3 is 2. The molecule has 0 radical (unpaired) electrons. The second kappa shape index (κ2) is 13.5. The monoisotopic (exact) mass is 599 g/mol. The Bertz CT molecular complexity index is 1600. The maximum atomic E-state index is 13.7. The normalized spacial score (nSPS) is 22.2. The largest absolute Gasteiger partial charge is 0.493 e. The number of hydrogen-bond acceptors (Lipinski definition) is 7. The number of pyridine rings is 1. The molecule has 1 aromatic heterocycles. The van der Waals surface area contributed by atoms with Crippen LogP contribution >= 0.6 is 0 Å². The smallest absolute Gasteiger partial charge is 0.339 e. The van der Waals surface area contributed by atoms with Crippen molar-refractivity contribution < 1.29 is 28.6 Å².